The largest absolute Gasteiger partial charge is 0.469 e. The van der Waals surface area contributed by atoms with E-state index in [2.05, 4.69) is 15.9 Å². The van der Waals surface area contributed by atoms with Gasteiger partial charge >= 0.3 is 12.1 Å². The summed E-state index contributed by atoms with van der Waals surface area (Å²) in [5.74, 6) is -0.120. The highest BCUT2D eigenvalue weighted by Crippen LogP contribution is 2.59. The molecule has 0 spiro atoms. The lowest BCUT2D eigenvalue weighted by molar-refractivity contribution is -0.146. The van der Waals surface area contributed by atoms with Crippen LogP contribution in [0.15, 0.2) is 42.5 Å². The van der Waals surface area contributed by atoms with Crippen LogP contribution in [0.4, 0.5) is 30.2 Å². The Labute approximate surface area is 160 Å². The molecule has 7 heteroatoms. The minimum Gasteiger partial charge on any atom is -0.469 e. The van der Waals surface area contributed by atoms with Crippen molar-refractivity contribution in [3.8, 4) is 0 Å². The molecule has 0 amide bonds. The van der Waals surface area contributed by atoms with Gasteiger partial charge in [-0.15, -0.1) is 0 Å². The second-order valence-electron chi connectivity index (χ2n) is 7.70. The van der Waals surface area contributed by atoms with E-state index in [0.29, 0.717) is 13.1 Å². The smallest absolute Gasteiger partial charge is 0.416 e. The average molecular weight is 388 g/mol. The first-order valence-electron chi connectivity index (χ1n) is 9.30. The zero-order chi connectivity index (χ0) is 19.6. The normalized spacial score (nSPS) is 23.1. The van der Waals surface area contributed by atoms with Crippen LogP contribution in [0.25, 0.3) is 0 Å². The zero-order valence-electron chi connectivity index (χ0n) is 15.2. The van der Waals surface area contributed by atoms with Gasteiger partial charge in [0.1, 0.15) is 0 Å². The van der Waals surface area contributed by atoms with Gasteiger partial charge in [-0.1, -0.05) is 6.07 Å². The summed E-state index contributed by atoms with van der Waals surface area (Å²) in [6.07, 6.45) is -3.44. The summed E-state index contributed by atoms with van der Waals surface area (Å²) < 4.78 is 44.0. The van der Waals surface area contributed by atoms with Crippen molar-refractivity contribution in [2.75, 3.05) is 30.0 Å². The highest BCUT2D eigenvalue weighted by Gasteiger charge is 2.52. The molecule has 0 radical (unpaired) electrons. The molecule has 2 unspecified atom stereocenters. The van der Waals surface area contributed by atoms with Gasteiger partial charge in [0, 0.05) is 42.1 Å². The van der Waals surface area contributed by atoms with Crippen LogP contribution in [0.1, 0.15) is 23.5 Å². The molecule has 1 saturated heterocycles. The summed E-state index contributed by atoms with van der Waals surface area (Å²) in [5, 5.41) is 0. The number of carbonyl (C=O) groups is 1. The number of alkyl halides is 3. The van der Waals surface area contributed by atoms with E-state index in [4.69, 9.17) is 4.74 Å². The fourth-order valence-corrected chi connectivity index (χ4v) is 4.40. The number of halogens is 3. The highest BCUT2D eigenvalue weighted by molar-refractivity contribution is 5.80. The number of methoxy groups -OCH3 is 1. The van der Waals surface area contributed by atoms with Gasteiger partial charge in [-0.3, -0.25) is 4.79 Å². The third kappa shape index (κ3) is 2.64. The number of benzene rings is 2. The number of anilines is 3. The molecule has 0 N–H and O–H groups in total. The Balaban J connectivity index is 1.41. The van der Waals surface area contributed by atoms with Crippen LogP contribution in [-0.2, 0) is 15.7 Å². The summed E-state index contributed by atoms with van der Waals surface area (Å²) in [5.41, 5.74) is 3.06. The summed E-state index contributed by atoms with van der Waals surface area (Å²) in [7, 11) is 1.40. The monoisotopic (exact) mass is 388 g/mol. The maximum absolute atomic E-state index is 13.1. The van der Waals surface area contributed by atoms with E-state index in [1.54, 1.807) is 6.07 Å². The number of hydrogen-bond donors (Lipinski definition) is 0. The SMILES string of the molecule is COC(=O)C1CN(c2cccc(N3c4ccc(C(F)(F)F)cc4C4CC43)c2)C1. The Morgan fingerprint density at radius 2 is 1.86 bits per heavy atom. The number of nitrogens with zero attached hydrogens (tertiary/aromatic N) is 2. The molecule has 4 nitrogen and oxygen atoms in total. The molecule has 2 fully saturated rings. The van der Waals surface area contributed by atoms with Gasteiger partial charge < -0.3 is 14.5 Å². The lowest BCUT2D eigenvalue weighted by atomic mass is 9.99. The summed E-state index contributed by atoms with van der Waals surface area (Å²) >= 11 is 0. The summed E-state index contributed by atoms with van der Waals surface area (Å²) in [4.78, 5) is 15.9. The van der Waals surface area contributed by atoms with E-state index in [0.717, 1.165) is 35.1 Å². The Bertz CT molecular complexity index is 953. The van der Waals surface area contributed by atoms with Crippen molar-refractivity contribution in [1.29, 1.82) is 0 Å². The predicted octanol–water partition coefficient (Wildman–Crippen LogP) is 4.32. The Morgan fingerprint density at radius 1 is 1.11 bits per heavy atom. The maximum Gasteiger partial charge on any atom is 0.416 e. The van der Waals surface area contributed by atoms with Crippen molar-refractivity contribution in [2.24, 2.45) is 5.92 Å². The highest BCUT2D eigenvalue weighted by atomic mass is 19.4. The minimum atomic E-state index is -4.32. The van der Waals surface area contributed by atoms with Crippen LogP contribution < -0.4 is 9.80 Å². The number of carbonyl (C=O) groups excluding carboxylic acids is 1. The van der Waals surface area contributed by atoms with Gasteiger partial charge in [-0.05, 0) is 48.4 Å². The van der Waals surface area contributed by atoms with Crippen molar-refractivity contribution in [1.82, 2.24) is 0 Å². The lowest BCUT2D eigenvalue weighted by Crippen LogP contribution is -2.50. The third-order valence-electron chi connectivity index (χ3n) is 5.99. The molecule has 2 aromatic carbocycles. The average Bonchev–Trinajstić information content (AvgIpc) is 3.34. The standard InChI is InChI=1S/C21H19F3N2O2/c1-28-20(27)12-10-25(11-12)14-3-2-4-15(8-14)26-18-6-5-13(21(22,23)24)7-16(18)17-9-19(17)26/h2-8,12,17,19H,9-11H2,1H3. The summed E-state index contributed by atoms with van der Waals surface area (Å²) in [6, 6.07) is 12.3. The summed E-state index contributed by atoms with van der Waals surface area (Å²) in [6.45, 7) is 1.24. The number of esters is 1. The Kier molecular flexibility index (Phi) is 3.66. The van der Waals surface area contributed by atoms with Gasteiger partial charge in [0.05, 0.1) is 18.6 Å². The molecule has 3 aliphatic rings. The van der Waals surface area contributed by atoms with Crippen LogP contribution in [0.2, 0.25) is 0 Å². The number of hydrogen-bond acceptors (Lipinski definition) is 4. The van der Waals surface area contributed by atoms with E-state index in [9.17, 15) is 18.0 Å². The number of rotatable bonds is 3. The number of ether oxygens (including phenoxy) is 1. The molecular formula is C21H19F3N2O2. The van der Waals surface area contributed by atoms with Crippen molar-refractivity contribution < 1.29 is 22.7 Å². The molecule has 5 rings (SSSR count). The van der Waals surface area contributed by atoms with Crippen LogP contribution in [0.5, 0.6) is 0 Å². The first-order valence-corrected chi connectivity index (χ1v) is 9.30. The van der Waals surface area contributed by atoms with Gasteiger partial charge in [-0.2, -0.15) is 13.2 Å². The van der Waals surface area contributed by atoms with E-state index in [1.165, 1.54) is 13.2 Å². The van der Waals surface area contributed by atoms with Crippen LogP contribution in [0, 0.1) is 5.92 Å². The molecule has 146 valence electrons. The molecule has 2 atom stereocenters. The van der Waals surface area contributed by atoms with Crippen molar-refractivity contribution >= 4 is 23.0 Å². The van der Waals surface area contributed by atoms with Crippen molar-refractivity contribution in [3.63, 3.8) is 0 Å². The molecule has 1 aliphatic carbocycles. The number of fused-ring (bicyclic) bond motifs is 3. The molecule has 2 aliphatic heterocycles. The maximum atomic E-state index is 13.1. The topological polar surface area (TPSA) is 32.8 Å². The molecule has 0 bridgehead atoms. The minimum absolute atomic E-state index is 0.102. The fraction of sp³-hybridized carbons (Fsp3) is 0.381. The predicted molar refractivity (Wildman–Crippen MR) is 98.9 cm³/mol. The third-order valence-corrected chi connectivity index (χ3v) is 5.99. The lowest BCUT2D eigenvalue weighted by Gasteiger charge is -2.39. The molecule has 0 aromatic heterocycles. The Morgan fingerprint density at radius 3 is 2.57 bits per heavy atom. The van der Waals surface area contributed by atoms with E-state index in [-0.39, 0.29) is 23.8 Å². The fourth-order valence-electron chi connectivity index (χ4n) is 4.40. The van der Waals surface area contributed by atoms with Gasteiger partial charge in [-0.25, -0.2) is 0 Å². The van der Waals surface area contributed by atoms with Crippen LogP contribution in [0.3, 0.4) is 0 Å². The zero-order valence-corrected chi connectivity index (χ0v) is 15.2. The van der Waals surface area contributed by atoms with Gasteiger partial charge in [0.15, 0.2) is 0 Å². The molecule has 2 heterocycles. The van der Waals surface area contributed by atoms with Crippen molar-refractivity contribution in [3.05, 3.63) is 53.6 Å². The second kappa shape index (κ2) is 5.90. The van der Waals surface area contributed by atoms with Crippen LogP contribution >= 0.6 is 0 Å². The van der Waals surface area contributed by atoms with Gasteiger partial charge in [0.2, 0.25) is 0 Å². The van der Waals surface area contributed by atoms with E-state index < -0.39 is 11.7 Å². The first kappa shape index (κ1) is 17.4. The molecule has 2 aromatic rings. The molecule has 28 heavy (non-hydrogen) atoms. The van der Waals surface area contributed by atoms with E-state index in [1.807, 2.05) is 18.2 Å². The first-order chi connectivity index (χ1) is 13.4. The van der Waals surface area contributed by atoms with E-state index >= 15 is 0 Å². The van der Waals surface area contributed by atoms with Crippen LogP contribution in [-0.4, -0.2) is 32.2 Å². The Hall–Kier alpha value is -2.70. The van der Waals surface area contributed by atoms with Gasteiger partial charge in [0.25, 0.3) is 0 Å². The quantitative estimate of drug-likeness (QED) is 0.733. The molecule has 1 saturated carbocycles. The second-order valence-corrected chi connectivity index (χ2v) is 7.70. The van der Waals surface area contributed by atoms with Crippen molar-refractivity contribution in [2.45, 2.75) is 24.6 Å². The molecular weight excluding hydrogens is 369 g/mol.